The van der Waals surface area contributed by atoms with Crippen LogP contribution in [0.15, 0.2) is 23.8 Å². The molecular formula is C12H16O6S. The van der Waals surface area contributed by atoms with Crippen LogP contribution in [-0.2, 0) is 4.79 Å². The third-order valence-corrected chi connectivity index (χ3v) is 3.18. The number of Topliss-reactive ketones (excluding diaryl/α,β-unsaturated/α-hetero) is 1. The van der Waals surface area contributed by atoms with Gasteiger partial charge in [-0.1, -0.05) is 30.4 Å². The minimum atomic E-state index is -1.92. The van der Waals surface area contributed by atoms with Crippen LogP contribution in [0.4, 0.5) is 0 Å². The van der Waals surface area contributed by atoms with Crippen LogP contribution in [0.5, 0.6) is 0 Å². The molecule has 19 heavy (non-hydrogen) atoms. The van der Waals surface area contributed by atoms with E-state index in [2.05, 4.69) is 0 Å². The monoisotopic (exact) mass is 288 g/mol. The number of carbonyl (C=O) groups is 1. The number of carbonyl (C=O) groups excluding carboxylic acids is 1. The van der Waals surface area contributed by atoms with E-state index in [4.69, 9.17) is 22.4 Å². The minimum Gasteiger partial charge on any atom is -0.394 e. The van der Waals surface area contributed by atoms with Crippen molar-refractivity contribution in [1.82, 2.24) is 0 Å². The van der Waals surface area contributed by atoms with E-state index in [0.29, 0.717) is 11.3 Å². The van der Waals surface area contributed by atoms with E-state index in [0.717, 1.165) is 0 Å². The normalized spacial score (nSPS) is 21.5. The average Bonchev–Trinajstić information content (AvgIpc) is 2.43. The van der Waals surface area contributed by atoms with Crippen molar-refractivity contribution in [1.29, 1.82) is 0 Å². The SMILES string of the molecule is O=C(C1=CC=CCC1=S)[C@H](O)[C@@H](O)[C@@H](O)[C@H](O)CO. The molecule has 0 fully saturated rings. The molecule has 0 unspecified atom stereocenters. The van der Waals surface area contributed by atoms with Crippen molar-refractivity contribution in [2.75, 3.05) is 6.61 Å². The van der Waals surface area contributed by atoms with Crippen molar-refractivity contribution in [3.8, 4) is 0 Å². The first-order chi connectivity index (χ1) is 8.90. The summed E-state index contributed by atoms with van der Waals surface area (Å²) in [6.45, 7) is -0.803. The van der Waals surface area contributed by atoms with Crippen LogP contribution in [0.1, 0.15) is 6.42 Å². The van der Waals surface area contributed by atoms with Gasteiger partial charge >= 0.3 is 0 Å². The maximum Gasteiger partial charge on any atom is 0.195 e. The number of aliphatic hydroxyl groups excluding tert-OH is 5. The first-order valence-corrected chi connectivity index (χ1v) is 6.08. The number of hydrogen-bond acceptors (Lipinski definition) is 7. The van der Waals surface area contributed by atoms with Crippen LogP contribution in [0.25, 0.3) is 0 Å². The minimum absolute atomic E-state index is 0.0924. The van der Waals surface area contributed by atoms with Crippen LogP contribution in [0.3, 0.4) is 0 Å². The second kappa shape index (κ2) is 6.99. The lowest BCUT2D eigenvalue weighted by Crippen LogP contribution is -2.49. The van der Waals surface area contributed by atoms with Crippen LogP contribution < -0.4 is 0 Å². The molecule has 4 atom stereocenters. The third-order valence-electron chi connectivity index (χ3n) is 2.79. The number of ketones is 1. The molecule has 0 bridgehead atoms. The van der Waals surface area contributed by atoms with E-state index in [-0.39, 0.29) is 5.57 Å². The van der Waals surface area contributed by atoms with Crippen molar-refractivity contribution >= 4 is 22.9 Å². The molecule has 0 saturated heterocycles. The van der Waals surface area contributed by atoms with Crippen molar-refractivity contribution in [3.63, 3.8) is 0 Å². The second-order valence-corrected chi connectivity index (χ2v) is 4.67. The summed E-state index contributed by atoms with van der Waals surface area (Å²) in [6.07, 6.45) is -2.18. The third kappa shape index (κ3) is 3.75. The van der Waals surface area contributed by atoms with E-state index in [1.165, 1.54) is 6.08 Å². The van der Waals surface area contributed by atoms with Gasteiger partial charge < -0.3 is 25.5 Å². The topological polar surface area (TPSA) is 118 Å². The number of hydrogen-bond donors (Lipinski definition) is 5. The predicted octanol–water partition coefficient (Wildman–Crippen LogP) is -1.75. The van der Waals surface area contributed by atoms with E-state index in [1.54, 1.807) is 12.2 Å². The second-order valence-electron chi connectivity index (χ2n) is 4.18. The fraction of sp³-hybridized carbons (Fsp3) is 0.500. The lowest BCUT2D eigenvalue weighted by atomic mass is 9.92. The Kier molecular flexibility index (Phi) is 5.92. The molecule has 6 nitrogen and oxygen atoms in total. The standard InChI is InChI=1S/C12H16O6S/c13-5-7(14)10(16)12(18)11(17)9(15)6-3-1-2-4-8(6)19/h1-3,7,10-14,16-18H,4-5H2/t7-,10+,11+,12+/m1/s1. The van der Waals surface area contributed by atoms with Gasteiger partial charge in [-0.15, -0.1) is 0 Å². The van der Waals surface area contributed by atoms with Gasteiger partial charge in [0.1, 0.15) is 24.4 Å². The summed E-state index contributed by atoms with van der Waals surface area (Å²) in [5.74, 6) is -0.828. The molecule has 0 heterocycles. The summed E-state index contributed by atoms with van der Waals surface area (Å²) in [6, 6.07) is 0. The molecule has 0 amide bonds. The molecule has 0 saturated carbocycles. The smallest absolute Gasteiger partial charge is 0.195 e. The maximum atomic E-state index is 11.9. The molecule has 0 spiro atoms. The van der Waals surface area contributed by atoms with Crippen molar-refractivity contribution in [2.24, 2.45) is 0 Å². The van der Waals surface area contributed by atoms with Gasteiger partial charge in [-0.3, -0.25) is 4.79 Å². The molecule has 106 valence electrons. The summed E-state index contributed by atoms with van der Waals surface area (Å²) in [4.78, 5) is 12.2. The summed E-state index contributed by atoms with van der Waals surface area (Å²) >= 11 is 4.96. The Balaban J connectivity index is 2.79. The number of rotatable bonds is 6. The van der Waals surface area contributed by atoms with E-state index < -0.39 is 36.8 Å². The number of aliphatic hydroxyl groups is 5. The average molecular weight is 288 g/mol. The fourth-order valence-electron chi connectivity index (χ4n) is 1.60. The van der Waals surface area contributed by atoms with Gasteiger partial charge in [0.05, 0.1) is 6.61 Å². The highest BCUT2D eigenvalue weighted by Gasteiger charge is 2.35. The van der Waals surface area contributed by atoms with Gasteiger partial charge in [-0.05, 0) is 0 Å². The first kappa shape index (κ1) is 16.1. The van der Waals surface area contributed by atoms with Crippen LogP contribution in [0.2, 0.25) is 0 Å². The van der Waals surface area contributed by atoms with Gasteiger partial charge in [0.15, 0.2) is 5.78 Å². The van der Waals surface area contributed by atoms with Crippen LogP contribution in [0, 0.1) is 0 Å². The zero-order valence-electron chi connectivity index (χ0n) is 10.0. The number of allylic oxidation sites excluding steroid dienone is 3. The van der Waals surface area contributed by atoms with Crippen molar-refractivity contribution < 1.29 is 30.3 Å². The Morgan fingerprint density at radius 3 is 2.42 bits per heavy atom. The predicted molar refractivity (Wildman–Crippen MR) is 70.6 cm³/mol. The van der Waals surface area contributed by atoms with Gasteiger partial charge in [-0.25, -0.2) is 0 Å². The Bertz CT molecular complexity index is 416. The Labute approximate surface area is 115 Å². The molecule has 0 aromatic carbocycles. The molecule has 0 aromatic heterocycles. The van der Waals surface area contributed by atoms with Crippen molar-refractivity contribution in [3.05, 3.63) is 23.8 Å². The summed E-state index contributed by atoms with van der Waals surface area (Å²) < 4.78 is 0. The Morgan fingerprint density at radius 2 is 1.89 bits per heavy atom. The molecule has 0 radical (unpaired) electrons. The lowest BCUT2D eigenvalue weighted by molar-refractivity contribution is -0.143. The van der Waals surface area contributed by atoms with Crippen LogP contribution >= 0.6 is 12.2 Å². The van der Waals surface area contributed by atoms with E-state index >= 15 is 0 Å². The molecule has 1 aliphatic rings. The highest BCUT2D eigenvalue weighted by atomic mass is 32.1. The Morgan fingerprint density at radius 1 is 1.26 bits per heavy atom. The molecule has 0 aromatic rings. The summed E-state index contributed by atoms with van der Waals surface area (Å²) in [5, 5.41) is 46.5. The van der Waals surface area contributed by atoms with Gasteiger partial charge in [-0.2, -0.15) is 0 Å². The van der Waals surface area contributed by atoms with Crippen molar-refractivity contribution in [2.45, 2.75) is 30.8 Å². The van der Waals surface area contributed by atoms with Gasteiger partial charge in [0.25, 0.3) is 0 Å². The molecule has 5 N–H and O–H groups in total. The molecule has 1 rings (SSSR count). The number of thiocarbonyl (C=S) groups is 1. The van der Waals surface area contributed by atoms with E-state index in [9.17, 15) is 20.1 Å². The van der Waals surface area contributed by atoms with Gasteiger partial charge in [0, 0.05) is 16.9 Å². The summed E-state index contributed by atoms with van der Waals surface area (Å²) in [7, 11) is 0. The van der Waals surface area contributed by atoms with E-state index in [1.807, 2.05) is 0 Å². The molecular weight excluding hydrogens is 272 g/mol. The largest absolute Gasteiger partial charge is 0.394 e. The van der Waals surface area contributed by atoms with Gasteiger partial charge in [0.2, 0.25) is 0 Å². The molecule has 1 aliphatic carbocycles. The fourth-order valence-corrected chi connectivity index (χ4v) is 1.86. The lowest BCUT2D eigenvalue weighted by Gasteiger charge is -2.25. The highest BCUT2D eigenvalue weighted by Crippen LogP contribution is 2.16. The van der Waals surface area contributed by atoms with Crippen LogP contribution in [-0.4, -0.2) is 67.2 Å². The molecule has 0 aliphatic heterocycles. The Hall–Kier alpha value is -0.960. The molecule has 7 heteroatoms. The highest BCUT2D eigenvalue weighted by molar-refractivity contribution is 7.81. The summed E-state index contributed by atoms with van der Waals surface area (Å²) in [5.41, 5.74) is 0.0924. The zero-order chi connectivity index (χ0) is 14.6. The maximum absolute atomic E-state index is 11.9. The zero-order valence-corrected chi connectivity index (χ0v) is 10.8. The quantitative estimate of drug-likeness (QED) is 0.368. The first-order valence-electron chi connectivity index (χ1n) is 5.67.